The molecule has 1 atom stereocenters. The Kier molecular flexibility index (Phi) is 4.38. The van der Waals surface area contributed by atoms with Crippen LogP contribution in [0.2, 0.25) is 0 Å². The number of morpholine rings is 1. The van der Waals surface area contributed by atoms with E-state index in [0.717, 1.165) is 6.07 Å². The standard InChI is InChI=1S/C16H24F2N2O/c1-15(2)9-20(10-16(3,4)21-15)14(8-19)12-6-5-11(17)7-13(12)18/h5-7,14H,8-10,19H2,1-4H3. The van der Waals surface area contributed by atoms with Gasteiger partial charge in [0, 0.05) is 31.3 Å². The van der Waals surface area contributed by atoms with E-state index in [-0.39, 0.29) is 23.8 Å². The summed E-state index contributed by atoms with van der Waals surface area (Å²) in [5, 5.41) is 0. The minimum Gasteiger partial charge on any atom is -0.367 e. The van der Waals surface area contributed by atoms with Gasteiger partial charge in [0.05, 0.1) is 17.2 Å². The van der Waals surface area contributed by atoms with E-state index in [9.17, 15) is 8.78 Å². The molecule has 1 saturated heterocycles. The van der Waals surface area contributed by atoms with E-state index in [2.05, 4.69) is 4.90 Å². The molecule has 1 fully saturated rings. The van der Waals surface area contributed by atoms with Crippen molar-refractivity contribution in [3.05, 3.63) is 35.4 Å². The van der Waals surface area contributed by atoms with E-state index in [0.29, 0.717) is 18.7 Å². The van der Waals surface area contributed by atoms with Crippen LogP contribution in [0.5, 0.6) is 0 Å². The number of halogens is 2. The van der Waals surface area contributed by atoms with Gasteiger partial charge in [0.15, 0.2) is 0 Å². The van der Waals surface area contributed by atoms with Gasteiger partial charge in [-0.1, -0.05) is 6.07 Å². The topological polar surface area (TPSA) is 38.5 Å². The number of nitrogens with two attached hydrogens (primary N) is 1. The first-order valence-corrected chi connectivity index (χ1v) is 7.23. The van der Waals surface area contributed by atoms with Crippen molar-refractivity contribution < 1.29 is 13.5 Å². The van der Waals surface area contributed by atoms with E-state index in [1.54, 1.807) is 0 Å². The third-order valence-electron chi connectivity index (χ3n) is 3.71. The van der Waals surface area contributed by atoms with Gasteiger partial charge in [-0.15, -0.1) is 0 Å². The maximum atomic E-state index is 14.1. The summed E-state index contributed by atoms with van der Waals surface area (Å²) in [4.78, 5) is 2.12. The van der Waals surface area contributed by atoms with E-state index >= 15 is 0 Å². The minimum absolute atomic E-state index is 0.273. The Labute approximate surface area is 125 Å². The van der Waals surface area contributed by atoms with Gasteiger partial charge in [0.2, 0.25) is 0 Å². The Morgan fingerprint density at radius 2 is 1.76 bits per heavy atom. The van der Waals surface area contributed by atoms with E-state index in [1.165, 1.54) is 12.1 Å². The minimum atomic E-state index is -0.574. The van der Waals surface area contributed by atoms with Crippen LogP contribution in [0.1, 0.15) is 39.3 Å². The Morgan fingerprint density at radius 1 is 1.19 bits per heavy atom. The SMILES string of the molecule is CC1(C)CN(C(CN)c2ccc(F)cc2F)CC(C)(C)O1. The van der Waals surface area contributed by atoms with Gasteiger partial charge in [-0.2, -0.15) is 0 Å². The predicted molar refractivity (Wildman–Crippen MR) is 79.0 cm³/mol. The van der Waals surface area contributed by atoms with Crippen LogP contribution in [-0.4, -0.2) is 35.7 Å². The lowest BCUT2D eigenvalue weighted by Gasteiger charge is -2.49. The van der Waals surface area contributed by atoms with Crippen LogP contribution < -0.4 is 5.73 Å². The molecule has 21 heavy (non-hydrogen) atoms. The molecular formula is C16H24F2N2O. The van der Waals surface area contributed by atoms with Crippen LogP contribution in [0.3, 0.4) is 0 Å². The van der Waals surface area contributed by atoms with Gasteiger partial charge in [-0.25, -0.2) is 8.78 Å². The summed E-state index contributed by atoms with van der Waals surface area (Å²) < 4.78 is 33.2. The molecule has 1 aliphatic rings. The summed E-state index contributed by atoms with van der Waals surface area (Å²) in [7, 11) is 0. The molecule has 1 aromatic rings. The predicted octanol–water partition coefficient (Wildman–Crippen LogP) is 2.85. The van der Waals surface area contributed by atoms with Crippen LogP contribution in [0.4, 0.5) is 8.78 Å². The van der Waals surface area contributed by atoms with E-state index in [4.69, 9.17) is 10.5 Å². The summed E-state index contributed by atoms with van der Waals surface area (Å²) in [6, 6.07) is 3.39. The molecule has 0 saturated carbocycles. The van der Waals surface area contributed by atoms with Gasteiger partial charge in [0.25, 0.3) is 0 Å². The molecule has 0 aromatic heterocycles. The van der Waals surface area contributed by atoms with Crippen LogP contribution in [0.15, 0.2) is 18.2 Å². The second-order valence-corrected chi connectivity index (χ2v) is 6.94. The Bertz CT molecular complexity index is 501. The second kappa shape index (κ2) is 5.63. The zero-order valence-electron chi connectivity index (χ0n) is 13.1. The van der Waals surface area contributed by atoms with E-state index in [1.807, 2.05) is 27.7 Å². The number of nitrogens with zero attached hydrogens (tertiary/aromatic N) is 1. The molecule has 2 rings (SSSR count). The van der Waals surface area contributed by atoms with Crippen molar-refractivity contribution in [2.24, 2.45) is 5.73 Å². The zero-order chi connectivity index (χ0) is 15.8. The van der Waals surface area contributed by atoms with Gasteiger partial charge in [-0.3, -0.25) is 4.90 Å². The number of benzene rings is 1. The Balaban J connectivity index is 2.32. The summed E-state index contributed by atoms with van der Waals surface area (Å²) in [6.45, 7) is 9.61. The van der Waals surface area contributed by atoms with Gasteiger partial charge < -0.3 is 10.5 Å². The molecule has 0 spiro atoms. The Hall–Kier alpha value is -1.04. The quantitative estimate of drug-likeness (QED) is 0.932. The highest BCUT2D eigenvalue weighted by Gasteiger charge is 2.41. The van der Waals surface area contributed by atoms with Crippen LogP contribution in [-0.2, 0) is 4.74 Å². The molecule has 118 valence electrons. The summed E-state index contributed by atoms with van der Waals surface area (Å²) in [6.07, 6.45) is 0. The number of hydrogen-bond donors (Lipinski definition) is 1. The van der Waals surface area contributed by atoms with Crippen molar-refractivity contribution in [1.82, 2.24) is 4.90 Å². The van der Waals surface area contributed by atoms with E-state index < -0.39 is 11.6 Å². The summed E-state index contributed by atoms with van der Waals surface area (Å²) in [5.74, 6) is -1.12. The van der Waals surface area contributed by atoms with Crippen molar-refractivity contribution in [3.8, 4) is 0 Å². The highest BCUT2D eigenvalue weighted by molar-refractivity contribution is 5.23. The third kappa shape index (κ3) is 3.78. The monoisotopic (exact) mass is 298 g/mol. The average molecular weight is 298 g/mol. The molecule has 5 heteroatoms. The summed E-state index contributed by atoms with van der Waals surface area (Å²) >= 11 is 0. The van der Waals surface area contributed by atoms with Gasteiger partial charge in [0.1, 0.15) is 11.6 Å². The molecule has 0 bridgehead atoms. The molecule has 0 radical (unpaired) electrons. The fourth-order valence-electron chi connectivity index (χ4n) is 3.31. The highest BCUT2D eigenvalue weighted by Crippen LogP contribution is 2.34. The third-order valence-corrected chi connectivity index (χ3v) is 3.71. The van der Waals surface area contributed by atoms with Crippen molar-refractivity contribution in [3.63, 3.8) is 0 Å². The fraction of sp³-hybridized carbons (Fsp3) is 0.625. The van der Waals surface area contributed by atoms with Crippen molar-refractivity contribution in [2.45, 2.75) is 44.9 Å². The fourth-order valence-corrected chi connectivity index (χ4v) is 3.31. The van der Waals surface area contributed by atoms with Gasteiger partial charge >= 0.3 is 0 Å². The average Bonchev–Trinajstić information content (AvgIpc) is 2.28. The molecule has 2 N–H and O–H groups in total. The highest BCUT2D eigenvalue weighted by atomic mass is 19.1. The molecule has 1 unspecified atom stereocenters. The largest absolute Gasteiger partial charge is 0.367 e. The number of ether oxygens (including phenoxy) is 1. The van der Waals surface area contributed by atoms with Gasteiger partial charge in [-0.05, 0) is 33.8 Å². The molecule has 0 amide bonds. The Morgan fingerprint density at radius 3 is 2.24 bits per heavy atom. The van der Waals surface area contributed by atoms with Crippen LogP contribution in [0.25, 0.3) is 0 Å². The lowest BCUT2D eigenvalue weighted by atomic mass is 9.94. The molecule has 1 aliphatic heterocycles. The first-order valence-electron chi connectivity index (χ1n) is 7.23. The number of hydrogen-bond acceptors (Lipinski definition) is 3. The number of rotatable bonds is 3. The first kappa shape index (κ1) is 16.3. The van der Waals surface area contributed by atoms with Crippen molar-refractivity contribution >= 4 is 0 Å². The van der Waals surface area contributed by atoms with Crippen molar-refractivity contribution in [2.75, 3.05) is 19.6 Å². The summed E-state index contributed by atoms with van der Waals surface area (Å²) in [5.41, 5.74) is 5.63. The van der Waals surface area contributed by atoms with Crippen LogP contribution in [0, 0.1) is 11.6 Å². The molecular weight excluding hydrogens is 274 g/mol. The van der Waals surface area contributed by atoms with Crippen LogP contribution >= 0.6 is 0 Å². The maximum Gasteiger partial charge on any atom is 0.130 e. The molecule has 1 heterocycles. The lowest BCUT2D eigenvalue weighted by molar-refractivity contribution is -0.187. The molecule has 1 aromatic carbocycles. The molecule has 0 aliphatic carbocycles. The maximum absolute atomic E-state index is 14.1. The first-order chi connectivity index (χ1) is 9.63. The second-order valence-electron chi connectivity index (χ2n) is 6.94. The smallest absolute Gasteiger partial charge is 0.130 e. The normalized spacial score (nSPS) is 23.0. The molecule has 3 nitrogen and oxygen atoms in total. The van der Waals surface area contributed by atoms with Crippen molar-refractivity contribution in [1.29, 1.82) is 0 Å². The zero-order valence-corrected chi connectivity index (χ0v) is 13.1. The lowest BCUT2D eigenvalue weighted by Crippen LogP contribution is -2.58.